The number of methoxy groups -OCH3 is 1. The first-order chi connectivity index (χ1) is 20.7. The van der Waals surface area contributed by atoms with Gasteiger partial charge in [-0.05, 0) is 66.5 Å². The molecule has 6 heteroatoms. The third-order valence-corrected chi connectivity index (χ3v) is 8.49. The third-order valence-electron chi connectivity index (χ3n) is 8.49. The number of rotatable bonds is 12. The Morgan fingerprint density at radius 2 is 1.48 bits per heavy atom. The summed E-state index contributed by atoms with van der Waals surface area (Å²) >= 11 is 0. The molecule has 222 valence electrons. The van der Waals surface area contributed by atoms with E-state index in [1.165, 1.54) is 11.1 Å². The largest absolute Gasteiger partial charge is 0.493 e. The van der Waals surface area contributed by atoms with Gasteiger partial charge in [-0.1, -0.05) is 66.7 Å². The van der Waals surface area contributed by atoms with Gasteiger partial charge in [-0.2, -0.15) is 0 Å². The van der Waals surface area contributed by atoms with Gasteiger partial charge in [0.25, 0.3) is 0 Å². The van der Waals surface area contributed by atoms with Gasteiger partial charge in [0.15, 0.2) is 11.5 Å². The second-order valence-electron chi connectivity index (χ2n) is 11.5. The van der Waals surface area contributed by atoms with Crippen molar-refractivity contribution in [1.29, 1.82) is 0 Å². The van der Waals surface area contributed by atoms with Gasteiger partial charge >= 0.3 is 0 Å². The van der Waals surface area contributed by atoms with Crippen LogP contribution in [0.2, 0.25) is 0 Å². The average molecular weight is 568 g/mol. The van der Waals surface area contributed by atoms with Crippen LogP contribution in [-0.2, 0) is 17.8 Å². The summed E-state index contributed by atoms with van der Waals surface area (Å²) in [6, 6.07) is 27.2. The molecule has 0 N–H and O–H groups in total. The molecule has 2 saturated heterocycles. The second-order valence-corrected chi connectivity index (χ2v) is 11.5. The number of ether oxygens (including phenoxy) is 2. The number of hydrogen-bond acceptors (Lipinski definition) is 5. The second kappa shape index (κ2) is 15.6. The number of carbonyl (C=O) groups excluding carboxylic acids is 1. The Hall–Kier alpha value is -3.61. The van der Waals surface area contributed by atoms with Gasteiger partial charge in [0.1, 0.15) is 0 Å². The topological polar surface area (TPSA) is 45.2 Å². The molecular formula is C36H45N3O3. The van der Waals surface area contributed by atoms with E-state index in [1.807, 2.05) is 29.2 Å². The van der Waals surface area contributed by atoms with Crippen LogP contribution >= 0.6 is 0 Å². The van der Waals surface area contributed by atoms with Crippen molar-refractivity contribution < 1.29 is 14.3 Å². The zero-order chi connectivity index (χ0) is 29.0. The van der Waals surface area contributed by atoms with Gasteiger partial charge < -0.3 is 19.3 Å². The molecule has 0 aliphatic carbocycles. The Morgan fingerprint density at radius 1 is 0.810 bits per heavy atom. The Kier molecular flexibility index (Phi) is 11.1. The van der Waals surface area contributed by atoms with E-state index in [0.717, 1.165) is 89.4 Å². The number of piperazine rings is 1. The molecule has 42 heavy (non-hydrogen) atoms. The zero-order valence-electron chi connectivity index (χ0n) is 25.0. The summed E-state index contributed by atoms with van der Waals surface area (Å²) in [6.45, 7) is 8.76. The minimum Gasteiger partial charge on any atom is -0.493 e. The van der Waals surface area contributed by atoms with Crippen LogP contribution in [0.1, 0.15) is 36.0 Å². The molecule has 3 aromatic carbocycles. The van der Waals surface area contributed by atoms with E-state index >= 15 is 0 Å². The third kappa shape index (κ3) is 8.94. The molecule has 2 fully saturated rings. The molecule has 0 atom stereocenters. The first kappa shape index (κ1) is 29.9. The van der Waals surface area contributed by atoms with Crippen LogP contribution < -0.4 is 9.47 Å². The maximum Gasteiger partial charge on any atom is 0.246 e. The molecule has 0 saturated carbocycles. The lowest BCUT2D eigenvalue weighted by Crippen LogP contribution is -2.46. The van der Waals surface area contributed by atoms with Gasteiger partial charge in [-0.25, -0.2) is 0 Å². The van der Waals surface area contributed by atoms with Crippen LogP contribution in [0.4, 0.5) is 0 Å². The summed E-state index contributed by atoms with van der Waals surface area (Å²) in [7, 11) is 1.66. The van der Waals surface area contributed by atoms with E-state index in [-0.39, 0.29) is 5.91 Å². The number of likely N-dealkylation sites (tertiary alicyclic amines) is 1. The van der Waals surface area contributed by atoms with Crippen molar-refractivity contribution in [3.05, 3.63) is 102 Å². The van der Waals surface area contributed by atoms with E-state index in [9.17, 15) is 4.79 Å². The molecule has 5 rings (SSSR count). The van der Waals surface area contributed by atoms with Gasteiger partial charge in [0, 0.05) is 58.4 Å². The highest BCUT2D eigenvalue weighted by atomic mass is 16.5. The van der Waals surface area contributed by atoms with Crippen molar-refractivity contribution in [2.24, 2.45) is 5.92 Å². The van der Waals surface area contributed by atoms with Crippen molar-refractivity contribution in [2.75, 3.05) is 59.5 Å². The Labute approximate surface area is 251 Å². The molecule has 0 bridgehead atoms. The average Bonchev–Trinajstić information content (AvgIpc) is 3.04. The molecule has 0 aromatic heterocycles. The Bertz CT molecular complexity index is 1260. The number of benzene rings is 3. The van der Waals surface area contributed by atoms with Gasteiger partial charge in [0.2, 0.25) is 5.91 Å². The molecule has 3 aromatic rings. The van der Waals surface area contributed by atoms with Crippen molar-refractivity contribution in [2.45, 2.75) is 32.2 Å². The lowest BCUT2D eigenvalue weighted by atomic mass is 9.90. The SMILES string of the molecule is COc1cc(/C=C/C(=O)N2CCC(Cc3ccccc3)CC2)ccc1OCCCN1CCN(Cc2ccccc2)CC1. The number of hydrogen-bond donors (Lipinski definition) is 0. The highest BCUT2D eigenvalue weighted by Crippen LogP contribution is 2.29. The first-order valence-electron chi connectivity index (χ1n) is 15.5. The Balaban J connectivity index is 1.01. The maximum absolute atomic E-state index is 12.8. The van der Waals surface area contributed by atoms with Crippen LogP contribution in [-0.4, -0.2) is 80.1 Å². The van der Waals surface area contributed by atoms with Crippen LogP contribution in [0.3, 0.4) is 0 Å². The molecule has 2 aliphatic heterocycles. The molecule has 1 amide bonds. The summed E-state index contributed by atoms with van der Waals surface area (Å²) in [4.78, 5) is 19.9. The van der Waals surface area contributed by atoms with Crippen molar-refractivity contribution >= 4 is 12.0 Å². The number of piperidine rings is 1. The zero-order valence-corrected chi connectivity index (χ0v) is 25.0. The van der Waals surface area contributed by atoms with Crippen molar-refractivity contribution in [1.82, 2.24) is 14.7 Å². The van der Waals surface area contributed by atoms with Crippen LogP contribution in [0, 0.1) is 5.92 Å². The van der Waals surface area contributed by atoms with E-state index in [4.69, 9.17) is 9.47 Å². The minimum atomic E-state index is 0.0772. The minimum absolute atomic E-state index is 0.0772. The number of nitrogens with zero attached hydrogens (tertiary/aromatic N) is 3. The monoisotopic (exact) mass is 567 g/mol. The first-order valence-corrected chi connectivity index (χ1v) is 15.5. The van der Waals surface area contributed by atoms with Gasteiger partial charge in [0.05, 0.1) is 13.7 Å². The van der Waals surface area contributed by atoms with E-state index in [1.54, 1.807) is 13.2 Å². The lowest BCUT2D eigenvalue weighted by molar-refractivity contribution is -0.127. The fourth-order valence-electron chi connectivity index (χ4n) is 5.97. The fourth-order valence-corrected chi connectivity index (χ4v) is 5.97. The Morgan fingerprint density at radius 3 is 2.17 bits per heavy atom. The standard InChI is InChI=1S/C36H45N3O3/c1-41-35-28-31(14-16-36(40)39-20-17-32(18-21-39)27-30-9-4-2-5-10-30)13-15-34(35)42-26-8-19-37-22-24-38(25-23-37)29-33-11-6-3-7-12-33/h2-7,9-16,28,32H,8,17-27,29H2,1H3/b16-14+. The highest BCUT2D eigenvalue weighted by molar-refractivity contribution is 5.92. The molecule has 2 aliphatic rings. The molecule has 0 spiro atoms. The van der Waals surface area contributed by atoms with E-state index in [2.05, 4.69) is 70.5 Å². The van der Waals surface area contributed by atoms with E-state index < -0.39 is 0 Å². The molecule has 6 nitrogen and oxygen atoms in total. The number of amides is 1. The van der Waals surface area contributed by atoms with Crippen molar-refractivity contribution in [3.63, 3.8) is 0 Å². The summed E-state index contributed by atoms with van der Waals surface area (Å²) in [5.74, 6) is 2.16. The smallest absolute Gasteiger partial charge is 0.246 e. The van der Waals surface area contributed by atoms with Gasteiger partial charge in [-0.15, -0.1) is 0 Å². The quantitative estimate of drug-likeness (QED) is 0.205. The van der Waals surface area contributed by atoms with Gasteiger partial charge in [-0.3, -0.25) is 9.69 Å². The van der Waals surface area contributed by atoms with Crippen LogP contribution in [0.15, 0.2) is 84.9 Å². The number of carbonyl (C=O) groups is 1. The predicted octanol–water partition coefficient (Wildman–Crippen LogP) is 5.78. The fraction of sp³-hybridized carbons (Fsp3) is 0.417. The lowest BCUT2D eigenvalue weighted by Gasteiger charge is -2.34. The van der Waals surface area contributed by atoms with Crippen molar-refractivity contribution in [3.8, 4) is 11.5 Å². The summed E-state index contributed by atoms with van der Waals surface area (Å²) in [5, 5.41) is 0. The van der Waals surface area contributed by atoms with E-state index in [0.29, 0.717) is 18.3 Å². The molecule has 0 radical (unpaired) electrons. The molecule has 2 heterocycles. The highest BCUT2D eigenvalue weighted by Gasteiger charge is 2.22. The normalized spacial score (nSPS) is 17.0. The molecular weight excluding hydrogens is 522 g/mol. The summed E-state index contributed by atoms with van der Waals surface area (Å²) < 4.78 is 11.7. The van der Waals surface area contributed by atoms with Crippen LogP contribution in [0.5, 0.6) is 11.5 Å². The maximum atomic E-state index is 12.8. The van der Waals surface area contributed by atoms with Crippen LogP contribution in [0.25, 0.3) is 6.08 Å². The summed E-state index contributed by atoms with van der Waals surface area (Å²) in [5.41, 5.74) is 3.70. The molecule has 0 unspecified atom stereocenters. The summed E-state index contributed by atoms with van der Waals surface area (Å²) in [6.07, 6.45) is 7.74. The predicted molar refractivity (Wildman–Crippen MR) is 170 cm³/mol.